The lowest BCUT2D eigenvalue weighted by Gasteiger charge is -2.14. The molecule has 6 heteroatoms. The number of nitro benzene ring substituents is 1. The van der Waals surface area contributed by atoms with Gasteiger partial charge in [0.25, 0.3) is 0 Å². The molecule has 0 aliphatic carbocycles. The number of nitro groups is 1. The molecule has 1 unspecified atom stereocenters. The highest BCUT2D eigenvalue weighted by Crippen LogP contribution is 2.30. The molecule has 0 amide bonds. The van der Waals surface area contributed by atoms with Crippen molar-refractivity contribution in [2.24, 2.45) is 5.73 Å². The van der Waals surface area contributed by atoms with Crippen LogP contribution in [0.15, 0.2) is 18.2 Å². The summed E-state index contributed by atoms with van der Waals surface area (Å²) in [5.41, 5.74) is 5.77. The Kier molecular flexibility index (Phi) is 3.44. The van der Waals surface area contributed by atoms with E-state index >= 15 is 0 Å². The van der Waals surface area contributed by atoms with Gasteiger partial charge < -0.3 is 10.5 Å². The normalized spacial score (nSPS) is 11.9. The van der Waals surface area contributed by atoms with E-state index in [4.69, 9.17) is 15.9 Å². The van der Waals surface area contributed by atoms with Gasteiger partial charge in [0.05, 0.1) is 4.92 Å². The van der Waals surface area contributed by atoms with E-state index in [1.54, 1.807) is 26.0 Å². The van der Waals surface area contributed by atoms with Gasteiger partial charge in [0.2, 0.25) is 5.75 Å². The van der Waals surface area contributed by atoms with Crippen LogP contribution in [-0.4, -0.2) is 16.9 Å². The number of hydrogen-bond acceptors (Lipinski definition) is 4. The number of rotatable bonds is 4. The summed E-state index contributed by atoms with van der Waals surface area (Å²) in [6.45, 7) is 3.27. The number of nitrogens with one attached hydrogen (secondary N) is 1. The fourth-order valence-electron chi connectivity index (χ4n) is 1.17. The molecule has 1 atom stereocenters. The second kappa shape index (κ2) is 4.61. The average Bonchev–Trinajstić information content (AvgIpc) is 2.20. The zero-order valence-electron chi connectivity index (χ0n) is 9.06. The van der Waals surface area contributed by atoms with E-state index in [2.05, 4.69) is 0 Å². The van der Waals surface area contributed by atoms with Gasteiger partial charge >= 0.3 is 5.69 Å². The summed E-state index contributed by atoms with van der Waals surface area (Å²) >= 11 is 0. The average molecular weight is 223 g/mol. The highest BCUT2D eigenvalue weighted by molar-refractivity contribution is 5.81. The van der Waals surface area contributed by atoms with Gasteiger partial charge in [-0.15, -0.1) is 0 Å². The van der Waals surface area contributed by atoms with Gasteiger partial charge in [0, 0.05) is 6.07 Å². The van der Waals surface area contributed by atoms with Gasteiger partial charge in [-0.2, -0.15) is 0 Å². The van der Waals surface area contributed by atoms with Crippen LogP contribution in [0.3, 0.4) is 0 Å². The lowest BCUT2D eigenvalue weighted by Crippen LogP contribution is -2.30. The second-order valence-corrected chi connectivity index (χ2v) is 3.40. The number of amidine groups is 1. The van der Waals surface area contributed by atoms with Crippen LogP contribution in [0, 0.1) is 22.4 Å². The van der Waals surface area contributed by atoms with E-state index in [0.29, 0.717) is 5.56 Å². The molecule has 16 heavy (non-hydrogen) atoms. The van der Waals surface area contributed by atoms with Crippen LogP contribution < -0.4 is 10.5 Å². The van der Waals surface area contributed by atoms with Crippen LogP contribution in [0.2, 0.25) is 0 Å². The van der Waals surface area contributed by atoms with Crippen LogP contribution in [0.5, 0.6) is 5.75 Å². The maximum atomic E-state index is 10.8. The highest BCUT2D eigenvalue weighted by Gasteiger charge is 2.19. The Labute approximate surface area is 92.7 Å². The molecule has 0 bridgehead atoms. The predicted molar refractivity (Wildman–Crippen MR) is 59.8 cm³/mol. The summed E-state index contributed by atoms with van der Waals surface area (Å²) in [5, 5.41) is 17.9. The first kappa shape index (κ1) is 12.0. The number of para-hydroxylation sites is 1. The van der Waals surface area contributed by atoms with E-state index in [1.807, 2.05) is 0 Å². The van der Waals surface area contributed by atoms with Crippen molar-refractivity contribution in [3.63, 3.8) is 0 Å². The number of benzene rings is 1. The zero-order chi connectivity index (χ0) is 12.3. The summed E-state index contributed by atoms with van der Waals surface area (Å²) < 4.78 is 5.31. The fourth-order valence-corrected chi connectivity index (χ4v) is 1.17. The number of hydrogen-bond donors (Lipinski definition) is 2. The molecule has 86 valence electrons. The molecule has 0 heterocycles. The van der Waals surface area contributed by atoms with Crippen molar-refractivity contribution in [1.82, 2.24) is 0 Å². The van der Waals surface area contributed by atoms with Crippen molar-refractivity contribution in [1.29, 1.82) is 5.41 Å². The minimum Gasteiger partial charge on any atom is -0.476 e. The molecule has 3 N–H and O–H groups in total. The molecular formula is C10H13N3O3. The van der Waals surface area contributed by atoms with E-state index in [-0.39, 0.29) is 17.3 Å². The SMILES string of the molecule is Cc1cccc([N+](=O)[O-])c1OC(C)C(=N)N. The lowest BCUT2D eigenvalue weighted by atomic mass is 10.2. The molecular weight excluding hydrogens is 210 g/mol. The summed E-state index contributed by atoms with van der Waals surface area (Å²) in [5.74, 6) is -0.00671. The number of aryl methyl sites for hydroxylation is 1. The molecule has 0 aliphatic heterocycles. The first-order valence-corrected chi connectivity index (χ1v) is 4.68. The van der Waals surface area contributed by atoms with Crippen LogP contribution in [0.1, 0.15) is 12.5 Å². The van der Waals surface area contributed by atoms with Crippen molar-refractivity contribution in [2.75, 3.05) is 0 Å². The molecule has 0 fully saturated rings. The van der Waals surface area contributed by atoms with Crippen LogP contribution in [-0.2, 0) is 0 Å². The summed E-state index contributed by atoms with van der Waals surface area (Å²) in [6.07, 6.45) is -0.681. The van der Waals surface area contributed by atoms with E-state index < -0.39 is 11.0 Å². The molecule has 0 aliphatic rings. The Morgan fingerprint density at radius 2 is 2.25 bits per heavy atom. The van der Waals surface area contributed by atoms with E-state index in [1.165, 1.54) is 6.07 Å². The molecule has 1 aromatic rings. The van der Waals surface area contributed by atoms with Gasteiger partial charge in [0.15, 0.2) is 6.10 Å². The fraction of sp³-hybridized carbons (Fsp3) is 0.300. The van der Waals surface area contributed by atoms with Gasteiger partial charge in [-0.25, -0.2) is 0 Å². The number of nitrogens with two attached hydrogens (primary N) is 1. The van der Waals surface area contributed by atoms with Crippen molar-refractivity contribution in [3.05, 3.63) is 33.9 Å². The van der Waals surface area contributed by atoms with Crippen LogP contribution in [0.4, 0.5) is 5.69 Å². The quantitative estimate of drug-likeness (QED) is 0.350. The van der Waals surface area contributed by atoms with E-state index in [9.17, 15) is 10.1 Å². The smallest absolute Gasteiger partial charge is 0.311 e. The third kappa shape index (κ3) is 2.47. The second-order valence-electron chi connectivity index (χ2n) is 3.40. The van der Waals surface area contributed by atoms with Crippen molar-refractivity contribution in [2.45, 2.75) is 20.0 Å². The molecule has 0 saturated heterocycles. The minimum atomic E-state index is -0.681. The van der Waals surface area contributed by atoms with Crippen molar-refractivity contribution < 1.29 is 9.66 Å². The van der Waals surface area contributed by atoms with Crippen molar-refractivity contribution >= 4 is 11.5 Å². The monoisotopic (exact) mass is 223 g/mol. The predicted octanol–water partition coefficient (Wildman–Crippen LogP) is 1.61. The molecule has 0 spiro atoms. The maximum absolute atomic E-state index is 10.8. The first-order chi connectivity index (χ1) is 7.43. The van der Waals surface area contributed by atoms with Gasteiger partial charge in [-0.05, 0) is 19.4 Å². The topological polar surface area (TPSA) is 102 Å². The molecule has 0 saturated carbocycles. The maximum Gasteiger partial charge on any atom is 0.311 e. The number of nitrogens with zero attached hydrogens (tertiary/aromatic N) is 1. The molecule has 0 aromatic heterocycles. The van der Waals surface area contributed by atoms with Gasteiger partial charge in [-0.3, -0.25) is 15.5 Å². The minimum absolute atomic E-state index is 0.117. The zero-order valence-corrected chi connectivity index (χ0v) is 9.06. The number of ether oxygens (including phenoxy) is 1. The first-order valence-electron chi connectivity index (χ1n) is 4.68. The van der Waals surface area contributed by atoms with Crippen LogP contribution in [0.25, 0.3) is 0 Å². The molecule has 1 rings (SSSR count). The Morgan fingerprint density at radius 3 is 2.75 bits per heavy atom. The summed E-state index contributed by atoms with van der Waals surface area (Å²) in [7, 11) is 0. The Bertz CT molecular complexity index is 431. The Morgan fingerprint density at radius 1 is 1.62 bits per heavy atom. The molecule has 6 nitrogen and oxygen atoms in total. The van der Waals surface area contributed by atoms with E-state index in [0.717, 1.165) is 0 Å². The highest BCUT2D eigenvalue weighted by atomic mass is 16.6. The Balaban J connectivity index is 3.11. The van der Waals surface area contributed by atoms with Crippen LogP contribution >= 0.6 is 0 Å². The summed E-state index contributed by atoms with van der Waals surface area (Å²) in [4.78, 5) is 10.2. The molecule has 1 aromatic carbocycles. The largest absolute Gasteiger partial charge is 0.476 e. The summed E-state index contributed by atoms with van der Waals surface area (Å²) in [6, 6.07) is 4.64. The lowest BCUT2D eigenvalue weighted by molar-refractivity contribution is -0.386. The third-order valence-corrected chi connectivity index (χ3v) is 2.12. The van der Waals surface area contributed by atoms with Gasteiger partial charge in [0.1, 0.15) is 5.84 Å². The third-order valence-electron chi connectivity index (χ3n) is 2.12. The van der Waals surface area contributed by atoms with Crippen molar-refractivity contribution in [3.8, 4) is 5.75 Å². The molecule has 0 radical (unpaired) electrons. The standard InChI is InChI=1S/C10H13N3O3/c1-6-4-3-5-8(13(14)15)9(6)16-7(2)10(11)12/h3-5,7H,1-2H3,(H3,11,12). The van der Waals surface area contributed by atoms with Gasteiger partial charge in [-0.1, -0.05) is 12.1 Å². The Hall–Kier alpha value is -2.11.